The Morgan fingerprint density at radius 3 is 2.14 bits per heavy atom. The van der Waals surface area contributed by atoms with Gasteiger partial charge in [0.05, 0.1) is 0 Å². The largest absolute Gasteiger partial charge is 0.480 e. The summed E-state index contributed by atoms with van der Waals surface area (Å²) in [7, 11) is 0. The van der Waals surface area contributed by atoms with Crippen LogP contribution in [0.3, 0.4) is 0 Å². The number of nitrogens with one attached hydrogen (secondary N) is 2. The molecular formula is C28H36N2O5. The molecule has 7 nitrogen and oxygen atoms in total. The number of ether oxygens (including phenoxy) is 1. The molecule has 3 N–H and O–H groups in total. The van der Waals surface area contributed by atoms with Gasteiger partial charge in [-0.15, -0.1) is 0 Å². The molecule has 0 aromatic heterocycles. The maximum absolute atomic E-state index is 12.2. The number of alkyl carbamates (subject to hydrolysis) is 1. The monoisotopic (exact) mass is 480 g/mol. The predicted molar refractivity (Wildman–Crippen MR) is 135 cm³/mol. The average molecular weight is 481 g/mol. The predicted octanol–water partition coefficient (Wildman–Crippen LogP) is 5.09. The van der Waals surface area contributed by atoms with Crippen LogP contribution in [-0.2, 0) is 14.3 Å². The number of rotatable bonds is 11. The number of carboxylic acids is 1. The van der Waals surface area contributed by atoms with E-state index in [1.807, 2.05) is 45.0 Å². The fourth-order valence-electron chi connectivity index (χ4n) is 4.35. The van der Waals surface area contributed by atoms with Crippen LogP contribution < -0.4 is 10.6 Å². The van der Waals surface area contributed by atoms with Gasteiger partial charge in [-0.1, -0.05) is 69.3 Å². The minimum absolute atomic E-state index is 0.00321. The zero-order valence-corrected chi connectivity index (χ0v) is 20.8. The maximum atomic E-state index is 12.2. The molecule has 188 valence electrons. The molecule has 7 heteroatoms. The van der Waals surface area contributed by atoms with Gasteiger partial charge in [-0.05, 0) is 53.4 Å². The second kappa shape index (κ2) is 11.9. The second-order valence-corrected chi connectivity index (χ2v) is 10.3. The molecule has 1 unspecified atom stereocenters. The van der Waals surface area contributed by atoms with Crippen molar-refractivity contribution < 1.29 is 24.2 Å². The summed E-state index contributed by atoms with van der Waals surface area (Å²) in [5.74, 6) is -1.29. The zero-order valence-electron chi connectivity index (χ0n) is 20.8. The van der Waals surface area contributed by atoms with Crippen LogP contribution in [-0.4, -0.2) is 42.3 Å². The molecule has 2 amide bonds. The average Bonchev–Trinajstić information content (AvgIpc) is 3.13. The summed E-state index contributed by atoms with van der Waals surface area (Å²) in [6, 6.07) is 15.5. The molecule has 35 heavy (non-hydrogen) atoms. The number of unbranched alkanes of at least 4 members (excludes halogenated alkanes) is 1. The summed E-state index contributed by atoms with van der Waals surface area (Å²) in [6.45, 7) is 6.76. The Kier molecular flexibility index (Phi) is 8.90. The fourth-order valence-corrected chi connectivity index (χ4v) is 4.35. The third-order valence-electron chi connectivity index (χ3n) is 6.26. The molecule has 2 aromatic carbocycles. The second-order valence-electron chi connectivity index (χ2n) is 10.3. The number of hydrogen-bond donors (Lipinski definition) is 3. The topological polar surface area (TPSA) is 105 Å². The molecule has 0 aliphatic heterocycles. The Morgan fingerprint density at radius 1 is 0.971 bits per heavy atom. The first-order chi connectivity index (χ1) is 16.7. The number of fused-ring (bicyclic) bond motifs is 3. The van der Waals surface area contributed by atoms with Crippen LogP contribution in [0, 0.1) is 5.41 Å². The summed E-state index contributed by atoms with van der Waals surface area (Å²) in [6.07, 6.45) is 1.97. The first-order valence-corrected chi connectivity index (χ1v) is 12.3. The molecule has 3 rings (SSSR count). The van der Waals surface area contributed by atoms with Crippen LogP contribution in [0.1, 0.15) is 69.9 Å². The first kappa shape index (κ1) is 26.3. The number of amides is 2. The highest BCUT2D eigenvalue weighted by molar-refractivity contribution is 5.83. The molecule has 0 bridgehead atoms. The highest BCUT2D eigenvalue weighted by atomic mass is 16.5. The number of benzene rings is 2. The van der Waals surface area contributed by atoms with Crippen LogP contribution in [0.25, 0.3) is 11.1 Å². The van der Waals surface area contributed by atoms with E-state index in [1.54, 1.807) is 0 Å². The van der Waals surface area contributed by atoms with E-state index in [4.69, 9.17) is 4.74 Å². The van der Waals surface area contributed by atoms with Crippen LogP contribution in [0.5, 0.6) is 0 Å². The van der Waals surface area contributed by atoms with E-state index in [-0.39, 0.29) is 30.3 Å². The van der Waals surface area contributed by atoms with E-state index in [0.717, 1.165) is 11.1 Å². The lowest BCUT2D eigenvalue weighted by Gasteiger charge is -2.21. The van der Waals surface area contributed by atoms with E-state index in [2.05, 4.69) is 34.9 Å². The van der Waals surface area contributed by atoms with Gasteiger partial charge < -0.3 is 20.5 Å². The Balaban J connectivity index is 1.36. The lowest BCUT2D eigenvalue weighted by Crippen LogP contribution is -2.41. The number of carbonyl (C=O) groups is 3. The number of hydrogen-bond acceptors (Lipinski definition) is 4. The summed E-state index contributed by atoms with van der Waals surface area (Å²) in [4.78, 5) is 35.8. The van der Waals surface area contributed by atoms with Crippen LogP contribution in [0.4, 0.5) is 4.79 Å². The normalized spacial score (nSPS) is 13.5. The molecule has 1 aliphatic rings. The third kappa shape index (κ3) is 7.57. The molecular weight excluding hydrogens is 444 g/mol. The minimum atomic E-state index is -1.01. The van der Waals surface area contributed by atoms with E-state index >= 15 is 0 Å². The lowest BCUT2D eigenvalue weighted by atomic mass is 9.88. The fraction of sp³-hybridized carbons (Fsp3) is 0.464. The SMILES string of the molecule is CC(C)(C)CCC(NC(=O)CCCCNC(=O)OCC1c2ccccc2-c2ccccc21)C(=O)O. The van der Waals surface area contributed by atoms with Crippen molar-refractivity contribution in [3.05, 3.63) is 59.7 Å². The van der Waals surface area contributed by atoms with Crippen molar-refractivity contribution in [1.29, 1.82) is 0 Å². The Hall–Kier alpha value is -3.35. The third-order valence-corrected chi connectivity index (χ3v) is 6.26. The molecule has 0 saturated heterocycles. The van der Waals surface area contributed by atoms with E-state index in [0.29, 0.717) is 32.2 Å². The number of carbonyl (C=O) groups excluding carboxylic acids is 2. The lowest BCUT2D eigenvalue weighted by molar-refractivity contribution is -0.142. The zero-order chi connectivity index (χ0) is 25.4. The van der Waals surface area contributed by atoms with Gasteiger partial charge in [-0.3, -0.25) is 4.79 Å². The summed E-state index contributed by atoms with van der Waals surface area (Å²) in [5.41, 5.74) is 4.69. The summed E-state index contributed by atoms with van der Waals surface area (Å²) < 4.78 is 5.51. The van der Waals surface area contributed by atoms with Crippen molar-refractivity contribution in [2.45, 2.75) is 64.8 Å². The van der Waals surface area contributed by atoms with Gasteiger partial charge in [-0.25, -0.2) is 9.59 Å². The van der Waals surface area contributed by atoms with Crippen molar-refractivity contribution in [2.24, 2.45) is 5.41 Å². The van der Waals surface area contributed by atoms with Gasteiger partial charge in [0.25, 0.3) is 0 Å². The smallest absolute Gasteiger partial charge is 0.407 e. The van der Waals surface area contributed by atoms with Gasteiger partial charge in [0, 0.05) is 18.9 Å². The van der Waals surface area contributed by atoms with Crippen LogP contribution in [0.2, 0.25) is 0 Å². The van der Waals surface area contributed by atoms with Gasteiger partial charge in [0.1, 0.15) is 12.6 Å². The molecule has 0 fully saturated rings. The quantitative estimate of drug-likeness (QED) is 0.389. The highest BCUT2D eigenvalue weighted by Crippen LogP contribution is 2.44. The van der Waals surface area contributed by atoms with Crippen molar-refractivity contribution in [1.82, 2.24) is 10.6 Å². The maximum Gasteiger partial charge on any atom is 0.407 e. The van der Waals surface area contributed by atoms with Gasteiger partial charge in [0.15, 0.2) is 0 Å². The highest BCUT2D eigenvalue weighted by Gasteiger charge is 2.29. The van der Waals surface area contributed by atoms with E-state index in [9.17, 15) is 19.5 Å². The van der Waals surface area contributed by atoms with Crippen molar-refractivity contribution in [3.63, 3.8) is 0 Å². The van der Waals surface area contributed by atoms with Gasteiger partial charge in [-0.2, -0.15) is 0 Å². The minimum Gasteiger partial charge on any atom is -0.480 e. The van der Waals surface area contributed by atoms with Crippen molar-refractivity contribution in [2.75, 3.05) is 13.2 Å². The Labute approximate surface area is 207 Å². The van der Waals surface area contributed by atoms with E-state index in [1.165, 1.54) is 11.1 Å². The van der Waals surface area contributed by atoms with Crippen LogP contribution >= 0.6 is 0 Å². The number of carboxylic acid groups (broad SMARTS) is 1. The van der Waals surface area contributed by atoms with Gasteiger partial charge in [0.2, 0.25) is 5.91 Å². The number of aliphatic carboxylic acids is 1. The molecule has 0 spiro atoms. The molecule has 2 aromatic rings. The van der Waals surface area contributed by atoms with E-state index < -0.39 is 18.1 Å². The van der Waals surface area contributed by atoms with Crippen LogP contribution in [0.15, 0.2) is 48.5 Å². The molecule has 0 saturated carbocycles. The molecule has 1 atom stereocenters. The molecule has 0 radical (unpaired) electrons. The Bertz CT molecular complexity index is 998. The standard InChI is InChI=1S/C28H36N2O5/c1-28(2,3)16-15-24(26(32)33)30-25(31)14-8-9-17-29-27(34)35-18-23-21-12-6-4-10-19(21)20-11-5-7-13-22(20)23/h4-7,10-13,23-24H,8-9,14-18H2,1-3H3,(H,29,34)(H,30,31)(H,32,33). The Morgan fingerprint density at radius 2 is 1.57 bits per heavy atom. The van der Waals surface area contributed by atoms with Gasteiger partial charge >= 0.3 is 12.1 Å². The van der Waals surface area contributed by atoms with Crippen molar-refractivity contribution in [3.8, 4) is 11.1 Å². The first-order valence-electron chi connectivity index (χ1n) is 12.3. The summed E-state index contributed by atoms with van der Waals surface area (Å²) in [5, 5.41) is 14.7. The molecule has 0 heterocycles. The summed E-state index contributed by atoms with van der Waals surface area (Å²) >= 11 is 0. The van der Waals surface area contributed by atoms with Crippen molar-refractivity contribution >= 4 is 18.0 Å². The molecule has 1 aliphatic carbocycles.